The minimum atomic E-state index is -3.74. The lowest BCUT2D eigenvalue weighted by atomic mass is 10.1. The molecule has 0 radical (unpaired) electrons. The number of amides is 1. The number of carbonyl (C=O) groups excluding carboxylic acids is 1. The van der Waals surface area contributed by atoms with Crippen molar-refractivity contribution in [2.45, 2.75) is 38.2 Å². The van der Waals surface area contributed by atoms with Crippen LogP contribution in [0, 0.1) is 6.92 Å². The number of nitrogens with one attached hydrogen (secondary N) is 1. The van der Waals surface area contributed by atoms with Crippen LogP contribution in [-0.4, -0.2) is 57.4 Å². The van der Waals surface area contributed by atoms with Gasteiger partial charge in [0.2, 0.25) is 0 Å². The summed E-state index contributed by atoms with van der Waals surface area (Å²) in [5.74, 6) is 0. The molecule has 1 amide bonds. The Morgan fingerprint density at radius 1 is 1.03 bits per heavy atom. The highest BCUT2D eigenvalue weighted by molar-refractivity contribution is 7.89. The predicted molar refractivity (Wildman–Crippen MR) is 126 cm³/mol. The molecule has 0 saturated carbocycles. The van der Waals surface area contributed by atoms with Crippen LogP contribution in [0.4, 0.5) is 10.5 Å². The SMILES string of the molecule is Cc1ccc(S(=O)(=O)N/N=C/c2ccccc2N2CCN(C(=O)OC(C)(C)C)CC2)cc1. The van der Waals surface area contributed by atoms with Crippen molar-refractivity contribution < 1.29 is 17.9 Å². The first-order chi connectivity index (χ1) is 15.0. The first-order valence-corrected chi connectivity index (χ1v) is 12.0. The molecule has 9 heteroatoms. The van der Waals surface area contributed by atoms with Crippen molar-refractivity contribution in [3.63, 3.8) is 0 Å². The minimum absolute atomic E-state index is 0.159. The maximum Gasteiger partial charge on any atom is 0.410 e. The molecule has 1 aliphatic rings. The number of anilines is 1. The molecule has 1 heterocycles. The molecule has 0 bridgehead atoms. The summed E-state index contributed by atoms with van der Waals surface area (Å²) in [5.41, 5.74) is 2.16. The summed E-state index contributed by atoms with van der Waals surface area (Å²) in [5, 5.41) is 3.98. The zero-order valence-corrected chi connectivity index (χ0v) is 19.7. The molecular weight excluding hydrogens is 428 g/mol. The Hall–Kier alpha value is -3.07. The lowest BCUT2D eigenvalue weighted by Gasteiger charge is -2.37. The number of hydrogen-bond donors (Lipinski definition) is 1. The van der Waals surface area contributed by atoms with Gasteiger partial charge in [-0.1, -0.05) is 35.9 Å². The number of sulfonamides is 1. The maximum atomic E-state index is 12.4. The van der Waals surface area contributed by atoms with E-state index in [2.05, 4.69) is 14.8 Å². The van der Waals surface area contributed by atoms with E-state index in [9.17, 15) is 13.2 Å². The van der Waals surface area contributed by atoms with E-state index in [1.807, 2.05) is 52.0 Å². The van der Waals surface area contributed by atoms with Crippen LogP contribution in [0.25, 0.3) is 0 Å². The summed E-state index contributed by atoms with van der Waals surface area (Å²) >= 11 is 0. The third-order valence-electron chi connectivity index (χ3n) is 4.92. The smallest absolute Gasteiger partial charge is 0.410 e. The lowest BCUT2D eigenvalue weighted by molar-refractivity contribution is 0.0240. The van der Waals surface area contributed by atoms with Gasteiger partial charge < -0.3 is 14.5 Å². The molecule has 8 nitrogen and oxygen atoms in total. The third kappa shape index (κ3) is 6.23. The molecule has 0 unspecified atom stereocenters. The Morgan fingerprint density at radius 2 is 1.66 bits per heavy atom. The summed E-state index contributed by atoms with van der Waals surface area (Å²) in [6, 6.07) is 14.2. The van der Waals surface area contributed by atoms with Crippen LogP contribution in [0.2, 0.25) is 0 Å². The Bertz CT molecular complexity index is 1070. The normalized spacial score (nSPS) is 15.1. The van der Waals surface area contributed by atoms with Crippen LogP contribution >= 0.6 is 0 Å². The van der Waals surface area contributed by atoms with Crippen LogP contribution in [0.1, 0.15) is 31.9 Å². The molecule has 0 spiro atoms. The van der Waals surface area contributed by atoms with E-state index in [0.717, 1.165) is 16.8 Å². The van der Waals surface area contributed by atoms with E-state index in [0.29, 0.717) is 26.2 Å². The van der Waals surface area contributed by atoms with Crippen molar-refractivity contribution >= 4 is 28.0 Å². The van der Waals surface area contributed by atoms with Gasteiger partial charge in [0.1, 0.15) is 5.60 Å². The highest BCUT2D eigenvalue weighted by Crippen LogP contribution is 2.21. The monoisotopic (exact) mass is 458 g/mol. The van der Waals surface area contributed by atoms with Crippen LogP contribution in [0.3, 0.4) is 0 Å². The van der Waals surface area contributed by atoms with E-state index in [1.54, 1.807) is 29.2 Å². The highest BCUT2D eigenvalue weighted by atomic mass is 32.2. The van der Waals surface area contributed by atoms with Crippen molar-refractivity contribution in [3.05, 3.63) is 59.7 Å². The molecule has 2 aromatic carbocycles. The average Bonchev–Trinajstić information content (AvgIpc) is 2.73. The van der Waals surface area contributed by atoms with Gasteiger partial charge in [-0.15, -0.1) is 0 Å². The molecular formula is C23H30N4O4S. The quantitative estimate of drug-likeness (QED) is 0.548. The summed E-state index contributed by atoms with van der Waals surface area (Å²) in [6.07, 6.45) is 1.19. The van der Waals surface area contributed by atoms with Crippen molar-refractivity contribution in [2.24, 2.45) is 5.10 Å². The van der Waals surface area contributed by atoms with E-state index in [1.165, 1.54) is 6.21 Å². The van der Waals surface area contributed by atoms with Gasteiger partial charge in [-0.05, 0) is 45.9 Å². The summed E-state index contributed by atoms with van der Waals surface area (Å²) in [7, 11) is -3.74. The molecule has 1 N–H and O–H groups in total. The van der Waals surface area contributed by atoms with Crippen molar-refractivity contribution in [2.75, 3.05) is 31.1 Å². The van der Waals surface area contributed by atoms with Crippen molar-refractivity contribution in [3.8, 4) is 0 Å². The number of hydrazone groups is 1. The number of hydrogen-bond acceptors (Lipinski definition) is 6. The Labute approximate surface area is 189 Å². The molecule has 32 heavy (non-hydrogen) atoms. The fourth-order valence-corrected chi connectivity index (χ4v) is 4.07. The van der Waals surface area contributed by atoms with Crippen molar-refractivity contribution in [1.29, 1.82) is 0 Å². The van der Waals surface area contributed by atoms with Gasteiger partial charge in [0, 0.05) is 37.4 Å². The van der Waals surface area contributed by atoms with Gasteiger partial charge in [0.25, 0.3) is 10.0 Å². The topological polar surface area (TPSA) is 91.3 Å². The number of para-hydroxylation sites is 1. The lowest BCUT2D eigenvalue weighted by Crippen LogP contribution is -2.50. The van der Waals surface area contributed by atoms with Gasteiger partial charge >= 0.3 is 6.09 Å². The molecule has 1 fully saturated rings. The van der Waals surface area contributed by atoms with Crippen LogP contribution in [0.5, 0.6) is 0 Å². The molecule has 1 saturated heterocycles. The number of ether oxygens (including phenoxy) is 1. The van der Waals surface area contributed by atoms with Crippen LogP contribution < -0.4 is 9.73 Å². The fraction of sp³-hybridized carbons (Fsp3) is 0.391. The molecule has 1 aliphatic heterocycles. The summed E-state index contributed by atoms with van der Waals surface area (Å²) in [6.45, 7) is 9.81. The number of rotatable bonds is 5. The Balaban J connectivity index is 1.65. The van der Waals surface area contributed by atoms with E-state index >= 15 is 0 Å². The molecule has 0 atom stereocenters. The van der Waals surface area contributed by atoms with Gasteiger partial charge in [-0.25, -0.2) is 9.63 Å². The van der Waals surface area contributed by atoms with Gasteiger partial charge in [0.05, 0.1) is 11.1 Å². The van der Waals surface area contributed by atoms with E-state index in [4.69, 9.17) is 4.74 Å². The first-order valence-electron chi connectivity index (χ1n) is 10.5. The van der Waals surface area contributed by atoms with Gasteiger partial charge in [-0.3, -0.25) is 0 Å². The van der Waals surface area contributed by atoms with Crippen LogP contribution in [-0.2, 0) is 14.8 Å². The molecule has 0 aliphatic carbocycles. The summed E-state index contributed by atoms with van der Waals surface area (Å²) < 4.78 is 30.3. The Morgan fingerprint density at radius 3 is 2.28 bits per heavy atom. The number of nitrogens with zero attached hydrogens (tertiary/aromatic N) is 3. The molecule has 3 rings (SSSR count). The second kappa shape index (κ2) is 9.60. The van der Waals surface area contributed by atoms with Crippen molar-refractivity contribution in [1.82, 2.24) is 9.73 Å². The Kier molecular flexibility index (Phi) is 7.08. The number of piperazine rings is 1. The largest absolute Gasteiger partial charge is 0.444 e. The van der Waals surface area contributed by atoms with Crippen LogP contribution in [0.15, 0.2) is 58.5 Å². The second-order valence-electron chi connectivity index (χ2n) is 8.68. The molecule has 0 aromatic heterocycles. The van der Waals surface area contributed by atoms with Gasteiger partial charge in [0.15, 0.2) is 0 Å². The van der Waals surface area contributed by atoms with Gasteiger partial charge in [-0.2, -0.15) is 13.5 Å². The molecule has 2 aromatic rings. The maximum absolute atomic E-state index is 12.4. The zero-order valence-electron chi connectivity index (χ0n) is 18.9. The summed E-state index contributed by atoms with van der Waals surface area (Å²) in [4.78, 5) is 18.6. The number of carbonyl (C=O) groups is 1. The third-order valence-corrected chi connectivity index (χ3v) is 6.16. The second-order valence-corrected chi connectivity index (χ2v) is 10.3. The fourth-order valence-electron chi connectivity index (χ4n) is 3.28. The minimum Gasteiger partial charge on any atom is -0.444 e. The first kappa shape index (κ1) is 23.6. The molecule has 172 valence electrons. The van der Waals surface area contributed by atoms with E-state index < -0.39 is 15.6 Å². The average molecular weight is 459 g/mol. The predicted octanol–water partition coefficient (Wildman–Crippen LogP) is 3.36. The van der Waals surface area contributed by atoms with E-state index in [-0.39, 0.29) is 11.0 Å². The number of benzene rings is 2. The standard InChI is InChI=1S/C23H30N4O4S/c1-18-9-11-20(12-10-18)32(29,30)25-24-17-19-7-5-6-8-21(19)26-13-15-27(16-14-26)22(28)31-23(2,3)4/h5-12,17,25H,13-16H2,1-4H3/b24-17+. The highest BCUT2D eigenvalue weighted by Gasteiger charge is 2.26. The zero-order chi connectivity index (χ0) is 23.4. The number of aryl methyl sites for hydroxylation is 1.